The molecule has 0 aliphatic carbocycles. The fraction of sp³-hybridized carbons (Fsp3) is 0.385. The van der Waals surface area contributed by atoms with Crippen LogP contribution in [0.1, 0.15) is 52.1 Å². The van der Waals surface area contributed by atoms with Gasteiger partial charge in [0.1, 0.15) is 12.2 Å². The van der Waals surface area contributed by atoms with Gasteiger partial charge in [-0.15, -0.1) is 10.2 Å². The van der Waals surface area contributed by atoms with Gasteiger partial charge in [0.15, 0.2) is 0 Å². The summed E-state index contributed by atoms with van der Waals surface area (Å²) in [4.78, 5) is 23.1. The van der Waals surface area contributed by atoms with Crippen LogP contribution in [0.15, 0.2) is 42.7 Å². The van der Waals surface area contributed by atoms with Crippen molar-refractivity contribution in [1.82, 2.24) is 20.1 Å². The number of nitrogens with one attached hydrogen (secondary N) is 2. The fourth-order valence-electron chi connectivity index (χ4n) is 4.85. The van der Waals surface area contributed by atoms with E-state index in [1.165, 1.54) is 4.90 Å². The van der Waals surface area contributed by atoms with Crippen molar-refractivity contribution in [1.29, 1.82) is 0 Å². The second-order valence-electron chi connectivity index (χ2n) is 9.44. The molecule has 1 unspecified atom stereocenters. The number of amides is 1. The highest BCUT2D eigenvalue weighted by Crippen LogP contribution is 2.41. The zero-order valence-corrected chi connectivity index (χ0v) is 21.0. The molecule has 1 fully saturated rings. The minimum atomic E-state index is -4.56. The predicted octanol–water partition coefficient (Wildman–Crippen LogP) is 3.82. The maximum Gasteiger partial charge on any atom is 0.416 e. The molecule has 0 radical (unpaired) electrons. The van der Waals surface area contributed by atoms with E-state index in [9.17, 15) is 18.0 Å². The molecule has 12 heteroatoms. The quantitative estimate of drug-likeness (QED) is 0.416. The van der Waals surface area contributed by atoms with Gasteiger partial charge in [0, 0.05) is 43.0 Å². The van der Waals surface area contributed by atoms with Crippen molar-refractivity contribution in [3.63, 3.8) is 0 Å². The lowest BCUT2D eigenvalue weighted by Crippen LogP contribution is -2.23. The third-order valence-electron chi connectivity index (χ3n) is 6.82. The average molecular weight is 531 g/mol. The number of aromatic nitrogens is 3. The maximum atomic E-state index is 14.0. The molecule has 3 heterocycles. The number of anilines is 2. The highest BCUT2D eigenvalue weighted by Gasteiger charge is 2.40. The van der Waals surface area contributed by atoms with Crippen molar-refractivity contribution in [2.45, 2.75) is 44.4 Å². The molecule has 1 amide bonds. The van der Waals surface area contributed by atoms with E-state index in [0.717, 1.165) is 30.4 Å². The molecule has 202 valence electrons. The Balaban J connectivity index is 0.00000107. The third kappa shape index (κ3) is 5.80. The summed E-state index contributed by atoms with van der Waals surface area (Å²) in [5, 5.41) is 21.3. The smallest absolute Gasteiger partial charge is 0.416 e. The number of carboxylic acid groups (broad SMARTS) is 1. The summed E-state index contributed by atoms with van der Waals surface area (Å²) >= 11 is 0. The van der Waals surface area contributed by atoms with Crippen LogP contribution in [0.4, 0.5) is 24.5 Å². The van der Waals surface area contributed by atoms with Crippen molar-refractivity contribution < 1.29 is 27.9 Å². The number of carbonyl (C=O) groups excluding carboxylic acids is 1. The largest absolute Gasteiger partial charge is 0.483 e. The second-order valence-corrected chi connectivity index (χ2v) is 9.44. The molecule has 2 aliphatic rings. The Hall–Kier alpha value is -3.93. The first-order valence-electron chi connectivity index (χ1n) is 12.2. The van der Waals surface area contributed by atoms with E-state index in [0.29, 0.717) is 24.3 Å². The van der Waals surface area contributed by atoms with Gasteiger partial charge in [0.2, 0.25) is 0 Å². The SMILES string of the molecule is CC(Cc1nncn1C)c1cccc(N2Cc3c(cc(N[C@H]4CCNC4)cc3C(F)(F)F)C2=O)c1.O=CO. The van der Waals surface area contributed by atoms with Gasteiger partial charge < -0.3 is 25.2 Å². The molecule has 2 atom stereocenters. The van der Waals surface area contributed by atoms with Crippen molar-refractivity contribution >= 4 is 23.8 Å². The molecule has 1 aromatic heterocycles. The van der Waals surface area contributed by atoms with Gasteiger partial charge in [-0.3, -0.25) is 9.59 Å². The summed E-state index contributed by atoms with van der Waals surface area (Å²) < 4.78 is 43.8. The zero-order valence-electron chi connectivity index (χ0n) is 21.0. The number of hydrogen-bond donors (Lipinski definition) is 3. The number of hydrogen-bond acceptors (Lipinski definition) is 6. The maximum absolute atomic E-state index is 14.0. The Kier molecular flexibility index (Phi) is 8.00. The van der Waals surface area contributed by atoms with Crippen LogP contribution in [-0.4, -0.2) is 51.4 Å². The number of nitrogens with zero attached hydrogens (tertiary/aromatic N) is 4. The van der Waals surface area contributed by atoms with Crippen LogP contribution in [0.2, 0.25) is 0 Å². The molecule has 2 aliphatic heterocycles. The lowest BCUT2D eigenvalue weighted by atomic mass is 9.97. The van der Waals surface area contributed by atoms with Crippen LogP contribution in [0.3, 0.4) is 0 Å². The Morgan fingerprint density at radius 3 is 2.68 bits per heavy atom. The van der Waals surface area contributed by atoms with Gasteiger partial charge in [-0.05, 0) is 54.3 Å². The molecular weight excluding hydrogens is 501 g/mol. The van der Waals surface area contributed by atoms with Gasteiger partial charge in [-0.1, -0.05) is 19.1 Å². The monoisotopic (exact) mass is 530 g/mol. The lowest BCUT2D eigenvalue weighted by Gasteiger charge is -2.19. The minimum Gasteiger partial charge on any atom is -0.483 e. The highest BCUT2D eigenvalue weighted by atomic mass is 19.4. The molecular formula is C26H29F3N6O3. The van der Waals surface area contributed by atoms with Crippen LogP contribution < -0.4 is 15.5 Å². The average Bonchev–Trinajstić information content (AvgIpc) is 3.61. The van der Waals surface area contributed by atoms with Gasteiger partial charge in [0.05, 0.1) is 12.1 Å². The molecule has 2 aromatic carbocycles. The fourth-order valence-corrected chi connectivity index (χ4v) is 4.85. The topological polar surface area (TPSA) is 112 Å². The number of rotatable bonds is 6. The molecule has 5 rings (SSSR count). The first kappa shape index (κ1) is 27.1. The van der Waals surface area contributed by atoms with Crippen molar-refractivity contribution in [2.24, 2.45) is 7.05 Å². The van der Waals surface area contributed by atoms with Gasteiger partial charge >= 0.3 is 6.18 Å². The van der Waals surface area contributed by atoms with Gasteiger partial charge in [-0.25, -0.2) is 0 Å². The van der Waals surface area contributed by atoms with Crippen molar-refractivity contribution in [3.8, 4) is 0 Å². The standard InChI is InChI=1S/C25H27F3N6O.CH2O2/c1-15(8-23-32-30-14-33(23)2)16-4-3-5-19(9-16)34-13-21-20(24(34)35)10-18(11-22(21)25(26,27)28)31-17-6-7-29-12-17;2-1-3/h3-5,9-11,14-15,17,29,31H,6-8,12-13H2,1-2H3;1H,(H,2,3)/t15?,17-;/m0./s1. The van der Waals surface area contributed by atoms with Crippen molar-refractivity contribution in [2.75, 3.05) is 23.3 Å². The van der Waals surface area contributed by atoms with E-state index < -0.39 is 17.6 Å². The number of carbonyl (C=O) groups is 2. The Bertz CT molecular complexity index is 1300. The number of aryl methyl sites for hydroxylation is 1. The zero-order chi connectivity index (χ0) is 27.4. The molecule has 0 spiro atoms. The molecule has 9 nitrogen and oxygen atoms in total. The van der Waals surface area contributed by atoms with E-state index in [4.69, 9.17) is 9.90 Å². The first-order chi connectivity index (χ1) is 18.1. The third-order valence-corrected chi connectivity index (χ3v) is 6.82. The Labute approximate surface area is 217 Å². The minimum absolute atomic E-state index is 0.0233. The van der Waals surface area contributed by atoms with E-state index in [1.54, 1.807) is 18.5 Å². The molecule has 0 saturated carbocycles. The number of halogens is 3. The number of alkyl halides is 3. The summed E-state index contributed by atoms with van der Waals surface area (Å²) in [7, 11) is 1.88. The molecule has 3 N–H and O–H groups in total. The summed E-state index contributed by atoms with van der Waals surface area (Å²) in [6.07, 6.45) is -1.45. The Morgan fingerprint density at radius 1 is 1.29 bits per heavy atom. The van der Waals surface area contributed by atoms with E-state index in [1.807, 2.05) is 36.7 Å². The van der Waals surface area contributed by atoms with Crippen LogP contribution in [0.25, 0.3) is 0 Å². The molecule has 1 saturated heterocycles. The van der Waals surface area contributed by atoms with E-state index >= 15 is 0 Å². The normalized spacial score (nSPS) is 17.6. The first-order valence-corrected chi connectivity index (χ1v) is 12.2. The molecule has 3 aromatic rings. The molecule has 0 bridgehead atoms. The Morgan fingerprint density at radius 2 is 2.05 bits per heavy atom. The van der Waals surface area contributed by atoms with Crippen molar-refractivity contribution in [3.05, 3.63) is 70.8 Å². The highest BCUT2D eigenvalue weighted by molar-refractivity contribution is 6.11. The summed E-state index contributed by atoms with van der Waals surface area (Å²) in [6.45, 7) is 3.17. The number of fused-ring (bicyclic) bond motifs is 1. The predicted molar refractivity (Wildman–Crippen MR) is 135 cm³/mol. The number of benzene rings is 2. The van der Waals surface area contributed by atoms with Crippen LogP contribution in [-0.2, 0) is 31.0 Å². The van der Waals surface area contributed by atoms with Gasteiger partial charge in [0.25, 0.3) is 12.4 Å². The van der Waals surface area contributed by atoms with E-state index in [2.05, 4.69) is 20.8 Å². The van der Waals surface area contributed by atoms with Crippen LogP contribution in [0, 0.1) is 0 Å². The summed E-state index contributed by atoms with van der Waals surface area (Å²) in [5.41, 5.74) is 1.25. The summed E-state index contributed by atoms with van der Waals surface area (Å²) in [5.74, 6) is 0.496. The summed E-state index contributed by atoms with van der Waals surface area (Å²) in [6, 6.07) is 10.2. The lowest BCUT2D eigenvalue weighted by molar-refractivity contribution is -0.138. The van der Waals surface area contributed by atoms with E-state index in [-0.39, 0.29) is 36.1 Å². The van der Waals surface area contributed by atoms with Crippen LogP contribution in [0.5, 0.6) is 0 Å². The van der Waals surface area contributed by atoms with Crippen LogP contribution >= 0.6 is 0 Å². The molecule has 38 heavy (non-hydrogen) atoms. The second kappa shape index (κ2) is 11.2. The van der Waals surface area contributed by atoms with Gasteiger partial charge in [-0.2, -0.15) is 13.2 Å².